The van der Waals surface area contributed by atoms with E-state index in [-0.39, 0.29) is 5.54 Å². The van der Waals surface area contributed by atoms with Crippen molar-refractivity contribution < 1.29 is 4.79 Å². The van der Waals surface area contributed by atoms with Crippen molar-refractivity contribution in [3.63, 3.8) is 0 Å². The zero-order chi connectivity index (χ0) is 12.5. The largest absolute Gasteiger partial charge is 0.338 e. The predicted octanol–water partition coefficient (Wildman–Crippen LogP) is -0.946. The molecule has 0 radical (unpaired) electrons. The number of nitrogens with zero attached hydrogens (tertiary/aromatic N) is 3. The lowest BCUT2D eigenvalue weighted by Gasteiger charge is -2.40. The Kier molecular flexibility index (Phi) is 3.70. The van der Waals surface area contributed by atoms with Crippen LogP contribution in [-0.2, 0) is 4.79 Å². The van der Waals surface area contributed by atoms with Gasteiger partial charge >= 0.3 is 0 Å². The minimum atomic E-state index is -0.300. The number of nitrogens with one attached hydrogen (secondary N) is 1. The lowest BCUT2D eigenvalue weighted by Crippen LogP contribution is -2.61. The van der Waals surface area contributed by atoms with Crippen molar-refractivity contribution >= 4 is 5.91 Å². The molecule has 2 aliphatic rings. The zero-order valence-corrected chi connectivity index (χ0v) is 11.2. The van der Waals surface area contributed by atoms with Crippen LogP contribution in [0.1, 0.15) is 6.42 Å². The van der Waals surface area contributed by atoms with Crippen LogP contribution in [0.2, 0.25) is 0 Å². The summed E-state index contributed by atoms with van der Waals surface area (Å²) in [6.45, 7) is 5.39. The molecule has 2 saturated heterocycles. The zero-order valence-electron chi connectivity index (χ0n) is 11.2. The Hall–Kier alpha value is -0.650. The van der Waals surface area contributed by atoms with Gasteiger partial charge in [0.15, 0.2) is 0 Å². The molecule has 0 bridgehead atoms. The van der Waals surface area contributed by atoms with E-state index >= 15 is 0 Å². The molecule has 5 nitrogen and oxygen atoms in total. The Morgan fingerprint density at radius 2 is 1.88 bits per heavy atom. The number of piperazine rings is 1. The Balaban J connectivity index is 2.13. The predicted molar refractivity (Wildman–Crippen MR) is 68.0 cm³/mol. The molecule has 2 heterocycles. The van der Waals surface area contributed by atoms with E-state index in [0.717, 1.165) is 45.7 Å². The maximum Gasteiger partial charge on any atom is 0.244 e. The summed E-state index contributed by atoms with van der Waals surface area (Å²) in [7, 11) is 6.15. The summed E-state index contributed by atoms with van der Waals surface area (Å²) in [5, 5.41) is 3.29. The van der Waals surface area contributed by atoms with E-state index < -0.39 is 0 Å². The smallest absolute Gasteiger partial charge is 0.244 e. The third-order valence-electron chi connectivity index (χ3n) is 4.10. The monoisotopic (exact) mass is 240 g/mol. The van der Waals surface area contributed by atoms with Crippen molar-refractivity contribution in [1.82, 2.24) is 20.0 Å². The standard InChI is InChI=1S/C12H24N4O/c1-14(2)12(4-7-15(3)10-12)11(17)16-8-5-13-6-9-16/h13H,4-10H2,1-3H3. The number of amides is 1. The van der Waals surface area contributed by atoms with E-state index in [9.17, 15) is 4.79 Å². The van der Waals surface area contributed by atoms with E-state index in [1.807, 2.05) is 19.0 Å². The van der Waals surface area contributed by atoms with Gasteiger partial charge in [-0.2, -0.15) is 0 Å². The third kappa shape index (κ3) is 2.32. The van der Waals surface area contributed by atoms with Crippen LogP contribution in [0.4, 0.5) is 0 Å². The second kappa shape index (κ2) is 4.92. The molecule has 17 heavy (non-hydrogen) atoms. The van der Waals surface area contributed by atoms with Crippen LogP contribution in [0.15, 0.2) is 0 Å². The summed E-state index contributed by atoms with van der Waals surface area (Å²) in [5.41, 5.74) is -0.300. The van der Waals surface area contributed by atoms with Crippen LogP contribution in [0.5, 0.6) is 0 Å². The first-order chi connectivity index (χ1) is 8.06. The molecule has 0 saturated carbocycles. The molecule has 0 aliphatic carbocycles. The number of likely N-dealkylation sites (tertiary alicyclic amines) is 1. The second-order valence-corrected chi connectivity index (χ2v) is 5.46. The molecule has 0 spiro atoms. The lowest BCUT2D eigenvalue weighted by atomic mass is 9.94. The van der Waals surface area contributed by atoms with Gasteiger partial charge in [0.2, 0.25) is 5.91 Å². The molecular formula is C12H24N4O. The first-order valence-electron chi connectivity index (χ1n) is 6.42. The minimum Gasteiger partial charge on any atom is -0.338 e. The number of carbonyl (C=O) groups excluding carboxylic acids is 1. The fourth-order valence-electron chi connectivity index (χ4n) is 2.87. The molecule has 0 aromatic rings. The van der Waals surface area contributed by atoms with E-state index in [2.05, 4.69) is 22.2 Å². The molecule has 1 amide bonds. The van der Waals surface area contributed by atoms with Crippen LogP contribution in [0.3, 0.4) is 0 Å². The molecule has 1 unspecified atom stereocenters. The molecule has 1 atom stereocenters. The molecule has 0 aromatic carbocycles. The van der Waals surface area contributed by atoms with Crippen LogP contribution < -0.4 is 5.32 Å². The van der Waals surface area contributed by atoms with Gasteiger partial charge in [-0.3, -0.25) is 9.69 Å². The van der Waals surface area contributed by atoms with Gasteiger partial charge in [0.05, 0.1) is 0 Å². The van der Waals surface area contributed by atoms with Crippen molar-refractivity contribution in [1.29, 1.82) is 0 Å². The summed E-state index contributed by atoms with van der Waals surface area (Å²) in [6.07, 6.45) is 0.944. The van der Waals surface area contributed by atoms with Crippen LogP contribution in [0.25, 0.3) is 0 Å². The van der Waals surface area contributed by atoms with E-state index in [1.165, 1.54) is 0 Å². The van der Waals surface area contributed by atoms with Gasteiger partial charge in [0.25, 0.3) is 0 Å². The molecular weight excluding hydrogens is 216 g/mol. The first-order valence-corrected chi connectivity index (χ1v) is 6.42. The number of carbonyl (C=O) groups is 1. The number of rotatable bonds is 2. The highest BCUT2D eigenvalue weighted by Gasteiger charge is 2.47. The Labute approximate surface area is 104 Å². The highest BCUT2D eigenvalue weighted by atomic mass is 16.2. The summed E-state index contributed by atoms with van der Waals surface area (Å²) in [6, 6.07) is 0. The highest BCUT2D eigenvalue weighted by molar-refractivity contribution is 5.87. The number of hydrogen-bond acceptors (Lipinski definition) is 4. The van der Waals surface area contributed by atoms with Crippen molar-refractivity contribution in [2.75, 3.05) is 60.4 Å². The number of likely N-dealkylation sites (N-methyl/N-ethyl adjacent to an activating group) is 2. The molecule has 5 heteroatoms. The Morgan fingerprint density at radius 3 is 2.35 bits per heavy atom. The lowest BCUT2D eigenvalue weighted by molar-refractivity contribution is -0.143. The van der Waals surface area contributed by atoms with E-state index in [1.54, 1.807) is 0 Å². The van der Waals surface area contributed by atoms with Crippen molar-refractivity contribution in [3.8, 4) is 0 Å². The molecule has 2 fully saturated rings. The average Bonchev–Trinajstić information content (AvgIpc) is 2.73. The van der Waals surface area contributed by atoms with Crippen LogP contribution in [0, 0.1) is 0 Å². The minimum absolute atomic E-state index is 0.300. The molecule has 98 valence electrons. The van der Waals surface area contributed by atoms with E-state index in [0.29, 0.717) is 5.91 Å². The van der Waals surface area contributed by atoms with Crippen molar-refractivity contribution in [3.05, 3.63) is 0 Å². The fourth-order valence-corrected chi connectivity index (χ4v) is 2.87. The van der Waals surface area contributed by atoms with Crippen LogP contribution >= 0.6 is 0 Å². The van der Waals surface area contributed by atoms with Crippen molar-refractivity contribution in [2.24, 2.45) is 0 Å². The summed E-state index contributed by atoms with van der Waals surface area (Å²) < 4.78 is 0. The first kappa shape index (κ1) is 12.8. The molecule has 2 aliphatic heterocycles. The number of hydrogen-bond donors (Lipinski definition) is 1. The average molecular weight is 240 g/mol. The highest BCUT2D eigenvalue weighted by Crippen LogP contribution is 2.27. The van der Waals surface area contributed by atoms with Gasteiger partial charge in [-0.15, -0.1) is 0 Å². The molecule has 2 rings (SSSR count). The van der Waals surface area contributed by atoms with Crippen molar-refractivity contribution in [2.45, 2.75) is 12.0 Å². The van der Waals surface area contributed by atoms with Gasteiger partial charge < -0.3 is 15.1 Å². The molecule has 0 aromatic heterocycles. The Bertz CT molecular complexity index is 288. The van der Waals surface area contributed by atoms with Gasteiger partial charge in [-0.1, -0.05) is 0 Å². The van der Waals surface area contributed by atoms with Gasteiger partial charge in [0.1, 0.15) is 5.54 Å². The Morgan fingerprint density at radius 1 is 1.24 bits per heavy atom. The topological polar surface area (TPSA) is 38.8 Å². The maximum absolute atomic E-state index is 12.7. The maximum atomic E-state index is 12.7. The SMILES string of the molecule is CN1CCC(C(=O)N2CCNCC2)(N(C)C)C1. The molecule has 1 N–H and O–H groups in total. The summed E-state index contributed by atoms with van der Waals surface area (Å²) in [4.78, 5) is 19.1. The normalized spacial score (nSPS) is 31.2. The second-order valence-electron chi connectivity index (χ2n) is 5.46. The van der Waals surface area contributed by atoms with Crippen LogP contribution in [-0.4, -0.2) is 86.6 Å². The summed E-state index contributed by atoms with van der Waals surface area (Å²) >= 11 is 0. The van der Waals surface area contributed by atoms with Gasteiger partial charge in [-0.05, 0) is 27.6 Å². The van der Waals surface area contributed by atoms with E-state index in [4.69, 9.17) is 0 Å². The van der Waals surface area contributed by atoms with Gasteiger partial charge in [0, 0.05) is 39.3 Å². The summed E-state index contributed by atoms with van der Waals surface area (Å²) in [5.74, 6) is 0.313. The quantitative estimate of drug-likeness (QED) is 0.676. The van der Waals surface area contributed by atoms with Gasteiger partial charge in [-0.25, -0.2) is 0 Å². The third-order valence-corrected chi connectivity index (χ3v) is 4.10. The fraction of sp³-hybridized carbons (Fsp3) is 0.917.